The van der Waals surface area contributed by atoms with E-state index in [4.69, 9.17) is 24.5 Å². The summed E-state index contributed by atoms with van der Waals surface area (Å²) >= 11 is 0. The molecule has 5 rings (SSSR count). The molecule has 1 aliphatic heterocycles. The normalized spacial score (nSPS) is 14.3. The average molecular weight is 472 g/mol. The molecule has 1 aliphatic carbocycles. The smallest absolute Gasteiger partial charge is 0.369 e. The van der Waals surface area contributed by atoms with Crippen molar-refractivity contribution in [3.63, 3.8) is 0 Å². The van der Waals surface area contributed by atoms with Crippen LogP contribution in [0.25, 0.3) is 11.3 Å². The lowest BCUT2D eigenvalue weighted by atomic mass is 10.1. The van der Waals surface area contributed by atoms with Crippen molar-refractivity contribution in [3.05, 3.63) is 70.3 Å². The molecule has 1 saturated heterocycles. The minimum atomic E-state index is 0.250. The monoisotopic (exact) mass is 471 g/mol. The minimum Gasteiger partial charge on any atom is -0.369 e. The van der Waals surface area contributed by atoms with Gasteiger partial charge in [0.05, 0.1) is 17.0 Å². The predicted octanol–water partition coefficient (Wildman–Crippen LogP) is 4.35. The van der Waals surface area contributed by atoms with Gasteiger partial charge in [-0.25, -0.2) is 9.97 Å². The van der Waals surface area contributed by atoms with Gasteiger partial charge in [0.15, 0.2) is 0 Å². The summed E-state index contributed by atoms with van der Waals surface area (Å²) in [6, 6.07) is 10.8. The molecule has 3 heterocycles. The van der Waals surface area contributed by atoms with Gasteiger partial charge < -0.3 is 10.2 Å². The molecule has 0 amide bonds. The highest BCUT2D eigenvalue weighted by Crippen LogP contribution is 2.38. The van der Waals surface area contributed by atoms with Crippen molar-refractivity contribution in [2.75, 3.05) is 31.5 Å². The van der Waals surface area contributed by atoms with E-state index in [-0.39, 0.29) is 6.15 Å². The van der Waals surface area contributed by atoms with E-state index < -0.39 is 0 Å². The van der Waals surface area contributed by atoms with Gasteiger partial charge in [0.2, 0.25) is 0 Å². The zero-order valence-corrected chi connectivity index (χ0v) is 20.6. The Morgan fingerprint density at radius 3 is 2.60 bits per heavy atom. The molecular weight excluding hydrogens is 438 g/mol. The van der Waals surface area contributed by atoms with E-state index in [2.05, 4.69) is 54.4 Å². The van der Waals surface area contributed by atoms with Gasteiger partial charge in [-0.3, -0.25) is 4.98 Å². The number of aryl methyl sites for hydroxylation is 2. The number of hydrogen-bond acceptors (Lipinski definition) is 7. The quantitative estimate of drug-likeness (QED) is 0.401. The van der Waals surface area contributed by atoms with Crippen LogP contribution in [0.2, 0.25) is 0 Å². The molecule has 2 aromatic heterocycles. The van der Waals surface area contributed by atoms with Crippen LogP contribution in [0.5, 0.6) is 0 Å². The molecule has 0 bridgehead atoms. The standard InChI is InChI=1S/C27H33N5.CO2/c1-19-15-22-16-23-25(26(22)29-18-19)27(28-11-8-14-32-12-6-3-7-13-32)31-24(30-23)17-21-10-5-4-9-20(21)2;2-1-3/h4-5,9-10,15,18H,3,6-8,11-14,16-17H2,1-2H3,(H,28,30,31);. The fraction of sp³-hybridized carbons (Fsp3) is 0.429. The van der Waals surface area contributed by atoms with Crippen LogP contribution in [0, 0.1) is 13.8 Å². The lowest BCUT2D eigenvalue weighted by molar-refractivity contribution is -0.191. The highest BCUT2D eigenvalue weighted by molar-refractivity contribution is 5.81. The summed E-state index contributed by atoms with van der Waals surface area (Å²) in [5.74, 6) is 1.84. The summed E-state index contributed by atoms with van der Waals surface area (Å²) in [6.07, 6.45) is 9.00. The second kappa shape index (κ2) is 11.8. The molecule has 1 aromatic carbocycles. The first-order chi connectivity index (χ1) is 17.1. The SMILES string of the molecule is Cc1cnc2c(c1)Cc1nc(Cc3ccccc3C)nc(NCCCN3CCCCC3)c1-2.O=C=O. The zero-order valence-electron chi connectivity index (χ0n) is 20.6. The van der Waals surface area contributed by atoms with Crippen molar-refractivity contribution in [1.29, 1.82) is 0 Å². The summed E-state index contributed by atoms with van der Waals surface area (Å²) in [4.78, 5) is 33.6. The molecule has 7 nitrogen and oxygen atoms in total. The van der Waals surface area contributed by atoms with Crippen molar-refractivity contribution >= 4 is 12.0 Å². The number of anilines is 1. The Balaban J connectivity index is 0.000000917. The molecule has 0 saturated carbocycles. The summed E-state index contributed by atoms with van der Waals surface area (Å²) < 4.78 is 0. The topological polar surface area (TPSA) is 88.1 Å². The van der Waals surface area contributed by atoms with Gasteiger partial charge in [-0.15, -0.1) is 0 Å². The molecule has 0 atom stereocenters. The summed E-state index contributed by atoms with van der Waals surface area (Å²) in [5, 5.41) is 3.66. The fourth-order valence-corrected chi connectivity index (χ4v) is 4.98. The number of nitrogens with zero attached hydrogens (tertiary/aromatic N) is 4. The average Bonchev–Trinajstić information content (AvgIpc) is 3.22. The first kappa shape index (κ1) is 24.7. The molecule has 35 heavy (non-hydrogen) atoms. The Hall–Kier alpha value is -3.41. The highest BCUT2D eigenvalue weighted by atomic mass is 16.2. The molecule has 182 valence electrons. The van der Waals surface area contributed by atoms with Crippen LogP contribution in [0.15, 0.2) is 36.5 Å². The second-order valence-corrected chi connectivity index (χ2v) is 9.38. The van der Waals surface area contributed by atoms with Gasteiger partial charge in [0.25, 0.3) is 0 Å². The molecule has 1 N–H and O–H groups in total. The van der Waals surface area contributed by atoms with Crippen LogP contribution in [0.4, 0.5) is 5.82 Å². The van der Waals surface area contributed by atoms with Crippen LogP contribution in [0.1, 0.15) is 59.5 Å². The van der Waals surface area contributed by atoms with Crippen molar-refractivity contribution in [3.8, 4) is 11.3 Å². The fourth-order valence-electron chi connectivity index (χ4n) is 4.98. The summed E-state index contributed by atoms with van der Waals surface area (Å²) in [6.45, 7) is 8.84. The van der Waals surface area contributed by atoms with E-state index in [9.17, 15) is 0 Å². The van der Waals surface area contributed by atoms with Gasteiger partial charge in [-0.1, -0.05) is 36.8 Å². The lowest BCUT2D eigenvalue weighted by Gasteiger charge is -2.26. The number of aromatic nitrogens is 3. The van der Waals surface area contributed by atoms with Crippen LogP contribution >= 0.6 is 0 Å². The Labute approximate surface area is 207 Å². The van der Waals surface area contributed by atoms with Crippen LogP contribution in [-0.4, -0.2) is 52.2 Å². The molecular formula is C28H33N5O2. The largest absolute Gasteiger partial charge is 0.373 e. The van der Waals surface area contributed by atoms with Crippen molar-refractivity contribution in [2.24, 2.45) is 0 Å². The number of carbonyl (C=O) groups excluding carboxylic acids is 2. The number of benzene rings is 1. The minimum absolute atomic E-state index is 0.250. The third-order valence-corrected chi connectivity index (χ3v) is 6.73. The van der Waals surface area contributed by atoms with E-state index in [0.717, 1.165) is 60.9 Å². The molecule has 0 spiro atoms. The van der Waals surface area contributed by atoms with Gasteiger partial charge in [-0.2, -0.15) is 9.59 Å². The number of likely N-dealkylation sites (tertiary alicyclic amines) is 1. The first-order valence-corrected chi connectivity index (χ1v) is 12.4. The van der Waals surface area contributed by atoms with E-state index in [1.807, 2.05) is 6.20 Å². The number of fused-ring (bicyclic) bond motifs is 3. The van der Waals surface area contributed by atoms with E-state index in [1.54, 1.807) is 0 Å². The molecule has 7 heteroatoms. The Morgan fingerprint density at radius 1 is 1.06 bits per heavy atom. The molecule has 3 aromatic rings. The van der Waals surface area contributed by atoms with Crippen LogP contribution in [0.3, 0.4) is 0 Å². The Kier molecular flexibility index (Phi) is 8.35. The van der Waals surface area contributed by atoms with Crippen LogP contribution < -0.4 is 5.32 Å². The maximum atomic E-state index is 8.12. The molecule has 1 fully saturated rings. The molecule has 0 unspecified atom stereocenters. The third kappa shape index (κ3) is 6.18. The number of pyridine rings is 1. The second-order valence-electron chi connectivity index (χ2n) is 9.38. The highest BCUT2D eigenvalue weighted by Gasteiger charge is 2.26. The van der Waals surface area contributed by atoms with Gasteiger partial charge in [0.1, 0.15) is 11.6 Å². The van der Waals surface area contributed by atoms with Gasteiger partial charge >= 0.3 is 6.15 Å². The van der Waals surface area contributed by atoms with E-state index in [1.165, 1.54) is 54.6 Å². The van der Waals surface area contributed by atoms with Crippen molar-refractivity contribution in [2.45, 2.75) is 52.4 Å². The number of hydrogen-bond donors (Lipinski definition) is 1. The van der Waals surface area contributed by atoms with Crippen molar-refractivity contribution < 1.29 is 9.59 Å². The number of rotatable bonds is 7. The van der Waals surface area contributed by atoms with Crippen LogP contribution in [-0.2, 0) is 22.4 Å². The maximum Gasteiger partial charge on any atom is 0.373 e. The van der Waals surface area contributed by atoms with Crippen molar-refractivity contribution in [1.82, 2.24) is 19.9 Å². The van der Waals surface area contributed by atoms with E-state index in [0.29, 0.717) is 0 Å². The zero-order chi connectivity index (χ0) is 24.6. The molecule has 2 aliphatic rings. The van der Waals surface area contributed by atoms with Gasteiger partial charge in [-0.05, 0) is 75.0 Å². The molecule has 0 radical (unpaired) electrons. The Bertz CT molecular complexity index is 1200. The number of nitrogens with one attached hydrogen (secondary N) is 1. The van der Waals surface area contributed by atoms with E-state index >= 15 is 0 Å². The summed E-state index contributed by atoms with van der Waals surface area (Å²) in [7, 11) is 0. The van der Waals surface area contributed by atoms with Gasteiger partial charge in [0, 0.05) is 25.6 Å². The predicted molar refractivity (Wildman–Crippen MR) is 135 cm³/mol. The summed E-state index contributed by atoms with van der Waals surface area (Å²) in [5.41, 5.74) is 8.29. The third-order valence-electron chi connectivity index (χ3n) is 6.73. The first-order valence-electron chi connectivity index (χ1n) is 12.4. The lowest BCUT2D eigenvalue weighted by Crippen LogP contribution is -2.31. The number of piperidine rings is 1. The maximum absolute atomic E-state index is 8.12. The Morgan fingerprint density at radius 2 is 1.83 bits per heavy atom.